The first-order valence-corrected chi connectivity index (χ1v) is 6.51. The summed E-state index contributed by atoms with van der Waals surface area (Å²) in [4.78, 5) is 0. The Labute approximate surface area is 93.0 Å². The molecule has 1 aromatic carbocycles. The first kappa shape index (κ1) is 9.53. The van der Waals surface area contributed by atoms with Crippen LogP contribution in [0.1, 0.15) is 18.4 Å². The van der Waals surface area contributed by atoms with Gasteiger partial charge in [-0.2, -0.15) is 0 Å². The van der Waals surface area contributed by atoms with Crippen molar-refractivity contribution >= 4 is 22.5 Å². The van der Waals surface area contributed by atoms with Crippen molar-refractivity contribution in [2.45, 2.75) is 16.3 Å². The topological polar surface area (TPSA) is 12.0 Å². The van der Waals surface area contributed by atoms with Crippen LogP contribution in [0.15, 0.2) is 30.3 Å². The van der Waals surface area contributed by atoms with E-state index in [-0.39, 0.29) is 0 Å². The second-order valence-corrected chi connectivity index (χ2v) is 6.93. The molecule has 0 spiro atoms. The summed E-state index contributed by atoms with van der Waals surface area (Å²) in [7, 11) is 0. The quantitative estimate of drug-likeness (QED) is 0.761. The van der Waals surface area contributed by atoms with Gasteiger partial charge in [0.25, 0.3) is 0 Å². The number of benzene rings is 1. The van der Waals surface area contributed by atoms with Crippen molar-refractivity contribution in [1.29, 1.82) is 0 Å². The first-order chi connectivity index (χ1) is 6.31. The van der Waals surface area contributed by atoms with Crippen LogP contribution in [0.25, 0.3) is 0 Å². The number of piperidine rings is 1. The fourth-order valence-corrected chi connectivity index (χ4v) is 3.30. The Morgan fingerprint density at radius 1 is 1.08 bits per heavy atom. The number of hydrogen-bond donors (Lipinski definition) is 1. The molecule has 1 heterocycles. The average molecular weight is 280 g/mol. The van der Waals surface area contributed by atoms with Crippen LogP contribution in [0, 0.1) is 0 Å². The Hall–Kier alpha value is -0.0213. The molecule has 0 bridgehead atoms. The molecule has 1 aliphatic heterocycles. The second-order valence-electron chi connectivity index (χ2n) is 3.77. The van der Waals surface area contributed by atoms with E-state index in [1.54, 1.807) is 5.56 Å². The zero-order valence-corrected chi connectivity index (χ0v) is 11.1. The summed E-state index contributed by atoms with van der Waals surface area (Å²) >= 11 is 1.35. The molecule has 1 saturated heterocycles. The van der Waals surface area contributed by atoms with Crippen molar-refractivity contribution in [2.24, 2.45) is 0 Å². The van der Waals surface area contributed by atoms with Gasteiger partial charge in [-0.25, -0.2) is 0 Å². The van der Waals surface area contributed by atoms with E-state index in [9.17, 15) is 0 Å². The van der Waals surface area contributed by atoms with Gasteiger partial charge in [-0.15, -0.1) is 0 Å². The number of rotatable bonds is 1. The molecule has 1 N–H and O–H groups in total. The normalized spacial score (nSPS) is 21.3. The number of hydrogen-bond acceptors (Lipinski definition) is 1. The summed E-state index contributed by atoms with van der Waals surface area (Å²) in [5.74, 6) is 0. The van der Waals surface area contributed by atoms with Gasteiger partial charge in [0, 0.05) is 0 Å². The Kier molecular flexibility index (Phi) is 2.94. The Bertz CT molecular complexity index is 265. The average Bonchev–Trinajstić information content (AvgIpc) is 2.20. The Balaban J connectivity index is 2.23. The summed E-state index contributed by atoms with van der Waals surface area (Å²) < 4.78 is 0.539. The molecule has 0 unspecified atom stereocenters. The molecule has 68 valence electrons. The minimum atomic E-state index is 0.539. The van der Waals surface area contributed by atoms with Crippen LogP contribution in [-0.2, 0) is 3.43 Å². The van der Waals surface area contributed by atoms with E-state index in [4.69, 9.17) is 0 Å². The Morgan fingerprint density at radius 3 is 2.31 bits per heavy atom. The van der Waals surface area contributed by atoms with E-state index in [2.05, 4.69) is 35.6 Å². The monoisotopic (exact) mass is 281 g/mol. The van der Waals surface area contributed by atoms with Gasteiger partial charge >= 0.3 is 93.1 Å². The van der Waals surface area contributed by atoms with Crippen LogP contribution in [-0.4, -0.2) is 35.6 Å². The maximum absolute atomic E-state index is 3.43. The zero-order valence-electron chi connectivity index (χ0n) is 7.79. The summed E-state index contributed by atoms with van der Waals surface area (Å²) in [6.07, 6.45) is 2.64. The van der Waals surface area contributed by atoms with Crippen molar-refractivity contribution in [3.63, 3.8) is 0 Å². The van der Waals surface area contributed by atoms with E-state index >= 15 is 0 Å². The molecule has 1 nitrogen and oxygen atoms in total. The van der Waals surface area contributed by atoms with Crippen molar-refractivity contribution in [1.82, 2.24) is 5.32 Å². The molecule has 1 fully saturated rings. The Morgan fingerprint density at radius 2 is 1.69 bits per heavy atom. The third-order valence-corrected chi connectivity index (χ3v) is 5.44. The third-order valence-electron chi connectivity index (χ3n) is 2.84. The van der Waals surface area contributed by atoms with Gasteiger partial charge in [0.2, 0.25) is 0 Å². The fourth-order valence-electron chi connectivity index (χ4n) is 1.93. The molecule has 2 heteroatoms. The predicted octanol–water partition coefficient (Wildman–Crippen LogP) is 1.17. The van der Waals surface area contributed by atoms with Gasteiger partial charge in [0.15, 0.2) is 0 Å². The molecule has 0 atom stereocenters. The van der Waals surface area contributed by atoms with Crippen molar-refractivity contribution < 1.29 is 0 Å². The van der Waals surface area contributed by atoms with Crippen molar-refractivity contribution in [3.8, 4) is 0 Å². The molecule has 0 amide bonds. The summed E-state index contributed by atoms with van der Waals surface area (Å²) in [6, 6.07) is 11.0. The molecule has 1 aromatic rings. The van der Waals surface area contributed by atoms with Crippen molar-refractivity contribution in [2.75, 3.05) is 13.1 Å². The molecule has 0 saturated carbocycles. The number of nitrogens with one attached hydrogen (secondary N) is 1. The van der Waals surface area contributed by atoms with Gasteiger partial charge in [0.05, 0.1) is 0 Å². The standard InChI is InChI=1S/C11H14N.Sn.H/c1-2-4-10(5-3-1)11-6-8-12-9-7-11;;/h1-5,12H,6-9H2;;. The van der Waals surface area contributed by atoms with Gasteiger partial charge < -0.3 is 0 Å². The van der Waals surface area contributed by atoms with Gasteiger partial charge in [-0.1, -0.05) is 0 Å². The molecule has 2 radical (unpaired) electrons. The SMILES string of the molecule is [SnH][C]1(c2ccccc2)CCNCC1. The van der Waals surface area contributed by atoms with Crippen LogP contribution < -0.4 is 5.32 Å². The predicted molar refractivity (Wildman–Crippen MR) is 57.4 cm³/mol. The second kappa shape index (κ2) is 4.01. The van der Waals surface area contributed by atoms with Crippen LogP contribution in [0.5, 0.6) is 0 Å². The molecule has 1 aliphatic rings. The summed E-state index contributed by atoms with van der Waals surface area (Å²) in [6.45, 7) is 2.38. The van der Waals surface area contributed by atoms with Crippen LogP contribution >= 0.6 is 0 Å². The van der Waals surface area contributed by atoms with E-state index < -0.39 is 0 Å². The van der Waals surface area contributed by atoms with E-state index in [0.717, 1.165) is 0 Å². The van der Waals surface area contributed by atoms with E-state index in [0.29, 0.717) is 3.43 Å². The molecule has 0 aromatic heterocycles. The molecule has 13 heavy (non-hydrogen) atoms. The first-order valence-electron chi connectivity index (χ1n) is 4.86. The minimum absolute atomic E-state index is 0.539. The van der Waals surface area contributed by atoms with Crippen LogP contribution in [0.4, 0.5) is 0 Å². The molecular weight excluding hydrogens is 265 g/mol. The van der Waals surface area contributed by atoms with Crippen LogP contribution in [0.3, 0.4) is 0 Å². The van der Waals surface area contributed by atoms with E-state index in [1.807, 2.05) is 0 Å². The van der Waals surface area contributed by atoms with Gasteiger partial charge in [-0.3, -0.25) is 0 Å². The van der Waals surface area contributed by atoms with Crippen LogP contribution in [0.2, 0.25) is 0 Å². The summed E-state index contributed by atoms with van der Waals surface area (Å²) in [5.41, 5.74) is 1.55. The molecular formula is C11H15NSn. The zero-order chi connectivity index (χ0) is 9.15. The van der Waals surface area contributed by atoms with Gasteiger partial charge in [0.1, 0.15) is 0 Å². The molecule has 0 aliphatic carbocycles. The maximum atomic E-state index is 3.43. The van der Waals surface area contributed by atoms with E-state index in [1.165, 1.54) is 48.5 Å². The third kappa shape index (κ3) is 2.07. The fraction of sp³-hybridized carbons (Fsp3) is 0.455. The van der Waals surface area contributed by atoms with Gasteiger partial charge in [-0.05, 0) is 0 Å². The summed E-state index contributed by atoms with van der Waals surface area (Å²) in [5, 5.41) is 3.43. The molecule has 2 rings (SSSR count). The van der Waals surface area contributed by atoms with Crippen molar-refractivity contribution in [3.05, 3.63) is 35.9 Å².